The summed E-state index contributed by atoms with van der Waals surface area (Å²) in [5.41, 5.74) is 1.30. The lowest BCUT2D eigenvalue weighted by Crippen LogP contribution is -2.45. The van der Waals surface area contributed by atoms with Gasteiger partial charge in [0.25, 0.3) is 0 Å². The van der Waals surface area contributed by atoms with Gasteiger partial charge in [0, 0.05) is 37.1 Å². The lowest BCUT2D eigenvalue weighted by Gasteiger charge is -2.39. The molecule has 1 aliphatic heterocycles. The smallest absolute Gasteiger partial charge is 0.485 e. The van der Waals surface area contributed by atoms with Crippen LogP contribution in [0.3, 0.4) is 0 Å². The van der Waals surface area contributed by atoms with Crippen LogP contribution >= 0.6 is 0 Å². The number of rotatable bonds is 7. The molecule has 200 valence electrons. The molecule has 0 radical (unpaired) electrons. The summed E-state index contributed by atoms with van der Waals surface area (Å²) < 4.78 is 88.7. The maximum absolute atomic E-state index is 13.2. The van der Waals surface area contributed by atoms with E-state index in [0.29, 0.717) is 22.0 Å². The molecule has 2 aromatic carbocycles. The van der Waals surface area contributed by atoms with Crippen LogP contribution in [-0.4, -0.2) is 59.2 Å². The van der Waals surface area contributed by atoms with Crippen LogP contribution in [0.4, 0.5) is 26.3 Å². The molecule has 0 amide bonds. The van der Waals surface area contributed by atoms with Crippen LogP contribution < -0.4 is 9.47 Å². The van der Waals surface area contributed by atoms with Crippen molar-refractivity contribution in [2.24, 2.45) is 0 Å². The van der Waals surface area contributed by atoms with Gasteiger partial charge in [-0.15, -0.1) is 13.2 Å². The van der Waals surface area contributed by atoms with Crippen molar-refractivity contribution < 1.29 is 45.7 Å². The summed E-state index contributed by atoms with van der Waals surface area (Å²) >= 11 is 0. The van der Waals surface area contributed by atoms with Gasteiger partial charge in [-0.3, -0.25) is 0 Å². The van der Waals surface area contributed by atoms with Gasteiger partial charge in [-0.2, -0.15) is 13.2 Å². The summed E-state index contributed by atoms with van der Waals surface area (Å²) in [6.45, 7) is 1.53. The molecule has 2 atom stereocenters. The highest BCUT2D eigenvalue weighted by Gasteiger charge is 2.38. The second kappa shape index (κ2) is 10.2. The third-order valence-corrected chi connectivity index (χ3v) is 6.39. The Bertz CT molecular complexity index is 1270. The number of fused-ring (bicyclic) bond motifs is 1. The number of aromatic nitrogens is 1. The van der Waals surface area contributed by atoms with Crippen LogP contribution in [0, 0.1) is 6.92 Å². The van der Waals surface area contributed by atoms with E-state index in [2.05, 4.69) is 9.72 Å². The summed E-state index contributed by atoms with van der Waals surface area (Å²) in [4.78, 5) is 16.4. The highest BCUT2D eigenvalue weighted by molar-refractivity contribution is 5.91. The van der Waals surface area contributed by atoms with E-state index in [9.17, 15) is 36.2 Å². The average Bonchev–Trinajstić information content (AvgIpc) is 3.30. The number of carbonyl (C=O) groups is 1. The molecule has 0 saturated carbocycles. The number of carboxylic acids is 1. The summed E-state index contributed by atoms with van der Waals surface area (Å²) in [7, 11) is 0. The number of aromatic amines is 1. The molecular formula is C25H24F6N2O4. The fourth-order valence-electron chi connectivity index (χ4n) is 4.77. The SMILES string of the molecule is Cc1cc(OC(F)(F)F)c(O[C@H]2CCN(CCC(F)(F)F)C[C@@H]2c2ccccc2C(=O)O)c2cc[nH]c12. The largest absolute Gasteiger partial charge is 0.573 e. The van der Waals surface area contributed by atoms with E-state index in [1.54, 1.807) is 36.2 Å². The van der Waals surface area contributed by atoms with Crippen molar-refractivity contribution in [3.63, 3.8) is 0 Å². The number of likely N-dealkylation sites (tertiary alicyclic amines) is 1. The number of nitrogens with one attached hydrogen (secondary N) is 1. The van der Waals surface area contributed by atoms with E-state index in [1.165, 1.54) is 18.2 Å². The normalized spacial score (nSPS) is 19.2. The third-order valence-electron chi connectivity index (χ3n) is 6.39. The first-order valence-electron chi connectivity index (χ1n) is 11.5. The van der Waals surface area contributed by atoms with E-state index >= 15 is 0 Å². The Hall–Kier alpha value is -3.41. The van der Waals surface area contributed by atoms with E-state index in [1.807, 2.05) is 0 Å². The zero-order valence-electron chi connectivity index (χ0n) is 19.6. The Morgan fingerprint density at radius 3 is 2.57 bits per heavy atom. The van der Waals surface area contributed by atoms with E-state index in [4.69, 9.17) is 4.74 Å². The van der Waals surface area contributed by atoms with Gasteiger partial charge in [-0.05, 0) is 42.7 Å². The third kappa shape index (κ3) is 6.30. The number of carboxylic acid groups (broad SMARTS) is 1. The minimum atomic E-state index is -5.00. The molecule has 1 fully saturated rings. The molecular weight excluding hydrogens is 506 g/mol. The second-order valence-corrected chi connectivity index (χ2v) is 8.94. The summed E-state index contributed by atoms with van der Waals surface area (Å²) in [6.07, 6.45) is -9.55. The molecule has 6 nitrogen and oxygen atoms in total. The van der Waals surface area contributed by atoms with Crippen LogP contribution in [-0.2, 0) is 0 Å². The first kappa shape index (κ1) is 26.6. The van der Waals surface area contributed by atoms with Crippen LogP contribution in [0.15, 0.2) is 42.6 Å². The monoisotopic (exact) mass is 530 g/mol. The van der Waals surface area contributed by atoms with Gasteiger partial charge in [0.1, 0.15) is 6.10 Å². The number of nitrogens with zero attached hydrogens (tertiary/aromatic N) is 1. The molecule has 2 heterocycles. The molecule has 0 unspecified atom stereocenters. The molecule has 2 N–H and O–H groups in total. The quantitative estimate of drug-likeness (QED) is 0.353. The Labute approximate surface area is 207 Å². The topological polar surface area (TPSA) is 74.8 Å². The predicted octanol–water partition coefficient (Wildman–Crippen LogP) is 6.26. The summed E-state index contributed by atoms with van der Waals surface area (Å²) in [5, 5.41) is 10.0. The number of H-pyrrole nitrogens is 1. The Balaban J connectivity index is 1.74. The number of aromatic carboxylic acids is 1. The molecule has 0 spiro atoms. The minimum absolute atomic E-state index is 0.0304. The number of ether oxygens (including phenoxy) is 2. The van der Waals surface area contributed by atoms with Gasteiger partial charge < -0.3 is 24.5 Å². The average molecular weight is 530 g/mol. The molecule has 4 rings (SSSR count). The van der Waals surface area contributed by atoms with Crippen molar-refractivity contribution in [2.45, 2.75) is 44.3 Å². The van der Waals surface area contributed by atoms with Gasteiger partial charge in [-0.25, -0.2) is 4.79 Å². The van der Waals surface area contributed by atoms with Crippen LogP contribution in [0.2, 0.25) is 0 Å². The highest BCUT2D eigenvalue weighted by atomic mass is 19.4. The van der Waals surface area contributed by atoms with E-state index in [-0.39, 0.29) is 37.4 Å². The number of benzene rings is 2. The fraction of sp³-hybridized carbons (Fsp3) is 0.400. The number of alkyl halides is 6. The number of aryl methyl sites for hydroxylation is 1. The van der Waals surface area contributed by atoms with Gasteiger partial charge in [0.15, 0.2) is 11.5 Å². The van der Waals surface area contributed by atoms with Gasteiger partial charge in [0.05, 0.1) is 17.5 Å². The summed E-state index contributed by atoms with van der Waals surface area (Å²) in [5.74, 6) is -2.69. The molecule has 1 aromatic heterocycles. The van der Waals surface area contributed by atoms with Gasteiger partial charge in [-0.1, -0.05) is 18.2 Å². The molecule has 3 aromatic rings. The number of halogens is 6. The van der Waals surface area contributed by atoms with Gasteiger partial charge in [0.2, 0.25) is 0 Å². The Kier molecular flexibility index (Phi) is 7.31. The van der Waals surface area contributed by atoms with Gasteiger partial charge >= 0.3 is 18.5 Å². The molecule has 37 heavy (non-hydrogen) atoms. The van der Waals surface area contributed by atoms with Crippen LogP contribution in [0.25, 0.3) is 10.9 Å². The highest BCUT2D eigenvalue weighted by Crippen LogP contribution is 2.43. The zero-order chi connectivity index (χ0) is 27.0. The molecule has 1 aliphatic rings. The fourth-order valence-corrected chi connectivity index (χ4v) is 4.77. The summed E-state index contributed by atoms with van der Waals surface area (Å²) in [6, 6.07) is 8.77. The Morgan fingerprint density at radius 2 is 1.89 bits per heavy atom. The Morgan fingerprint density at radius 1 is 1.16 bits per heavy atom. The van der Waals surface area contributed by atoms with Crippen molar-refractivity contribution in [3.05, 3.63) is 59.3 Å². The van der Waals surface area contributed by atoms with Crippen molar-refractivity contribution in [2.75, 3.05) is 19.6 Å². The predicted molar refractivity (Wildman–Crippen MR) is 122 cm³/mol. The first-order valence-corrected chi connectivity index (χ1v) is 11.5. The molecule has 12 heteroatoms. The van der Waals surface area contributed by atoms with Crippen molar-refractivity contribution >= 4 is 16.9 Å². The molecule has 0 aliphatic carbocycles. The standard InChI is InChI=1S/C25H24F6N2O4/c1-14-12-20(37-25(29,30)31)22(17-6-9-32-21(14)17)36-19-7-10-33(11-8-24(26,27)28)13-18(19)15-4-2-3-5-16(15)23(34)35/h2-6,9,12,18-19,32H,7-8,10-11,13H2,1H3,(H,34,35)/t18-,19+/m1/s1. The second-order valence-electron chi connectivity index (χ2n) is 8.94. The zero-order valence-corrected chi connectivity index (χ0v) is 19.6. The minimum Gasteiger partial charge on any atom is -0.485 e. The lowest BCUT2D eigenvalue weighted by molar-refractivity contribution is -0.275. The lowest BCUT2D eigenvalue weighted by atomic mass is 9.85. The van der Waals surface area contributed by atoms with E-state index in [0.717, 1.165) is 0 Å². The number of hydrogen-bond acceptors (Lipinski definition) is 4. The van der Waals surface area contributed by atoms with Crippen LogP contribution in [0.5, 0.6) is 11.5 Å². The molecule has 0 bridgehead atoms. The van der Waals surface area contributed by atoms with Crippen LogP contribution in [0.1, 0.15) is 40.2 Å². The first-order chi connectivity index (χ1) is 17.3. The van der Waals surface area contributed by atoms with E-state index < -0.39 is 42.7 Å². The maximum Gasteiger partial charge on any atom is 0.573 e. The van der Waals surface area contributed by atoms with Crippen molar-refractivity contribution in [1.29, 1.82) is 0 Å². The number of piperidine rings is 1. The van der Waals surface area contributed by atoms with Crippen molar-refractivity contribution in [1.82, 2.24) is 9.88 Å². The van der Waals surface area contributed by atoms with Crippen molar-refractivity contribution in [3.8, 4) is 11.5 Å². The maximum atomic E-state index is 13.2. The molecule has 1 saturated heterocycles. The number of hydrogen-bond donors (Lipinski definition) is 2.